The summed E-state index contributed by atoms with van der Waals surface area (Å²) in [6.45, 7) is 1.56. The van der Waals surface area contributed by atoms with Crippen LogP contribution in [0.25, 0.3) is 0 Å². The number of carbonyl (C=O) groups is 1. The van der Waals surface area contributed by atoms with Crippen LogP contribution in [-0.4, -0.2) is 193 Å². The Morgan fingerprint density at radius 2 is 0.896 bits per heavy atom. The van der Waals surface area contributed by atoms with Crippen LogP contribution in [0, 0.1) is 0 Å². The van der Waals surface area contributed by atoms with Gasteiger partial charge in [-0.1, -0.05) is 164 Å². The van der Waals surface area contributed by atoms with Gasteiger partial charge in [-0.05, 0) is 57.8 Å². The summed E-state index contributed by atoms with van der Waals surface area (Å²) in [7, 11) is 0. The molecule has 0 saturated carbocycles. The molecule has 0 aromatic rings. The number of ether oxygens (including phenoxy) is 6. The summed E-state index contributed by atoms with van der Waals surface area (Å²) >= 11 is 0. The van der Waals surface area contributed by atoms with E-state index in [1.165, 1.54) is 57.8 Å². The van der Waals surface area contributed by atoms with E-state index in [1.807, 2.05) is 6.08 Å². The molecule has 12 N–H and O–H groups in total. The van der Waals surface area contributed by atoms with Gasteiger partial charge in [-0.25, -0.2) is 0 Å². The largest absolute Gasteiger partial charge is 0.394 e. The summed E-state index contributed by atoms with van der Waals surface area (Å²) in [5.74, 6) is -0.289. The Bertz CT molecular complexity index is 1650. The number of hydrogen-bond acceptors (Lipinski definition) is 18. The molecule has 0 aromatic carbocycles. The number of rotatable bonds is 41. The van der Waals surface area contributed by atoms with E-state index in [-0.39, 0.29) is 18.9 Å². The number of carbonyl (C=O) groups excluding carboxylic acids is 1. The number of allylic oxidation sites excluding steroid dienone is 9. The van der Waals surface area contributed by atoms with Crippen molar-refractivity contribution in [1.29, 1.82) is 0 Å². The lowest BCUT2D eigenvalue weighted by Gasteiger charge is -2.48. The highest BCUT2D eigenvalue weighted by Gasteiger charge is 2.53. The first-order valence-corrected chi connectivity index (χ1v) is 29.0. The first kappa shape index (κ1) is 68.8. The normalized spacial score (nSPS) is 31.2. The summed E-state index contributed by atoms with van der Waals surface area (Å²) in [4.78, 5) is 13.3. The predicted molar refractivity (Wildman–Crippen MR) is 291 cm³/mol. The minimum absolute atomic E-state index is 0.231. The lowest BCUT2D eigenvalue weighted by molar-refractivity contribution is -0.379. The Hall–Kier alpha value is -2.51. The molecule has 0 aliphatic carbocycles. The fourth-order valence-electron chi connectivity index (χ4n) is 9.53. The Morgan fingerprint density at radius 3 is 1.40 bits per heavy atom. The molecule has 0 spiro atoms. The molecule has 3 rings (SSSR count). The summed E-state index contributed by atoms with van der Waals surface area (Å²) in [6, 6.07) is -0.978. The van der Waals surface area contributed by atoms with E-state index in [9.17, 15) is 61.0 Å². The number of nitrogens with one attached hydrogen (secondary N) is 1. The van der Waals surface area contributed by atoms with Gasteiger partial charge in [0.2, 0.25) is 5.91 Å². The van der Waals surface area contributed by atoms with Crippen LogP contribution >= 0.6 is 0 Å². The Kier molecular flexibility index (Phi) is 37.0. The molecule has 3 fully saturated rings. The molecular weight excluding hydrogens is 999 g/mol. The van der Waals surface area contributed by atoms with E-state index in [0.717, 1.165) is 83.5 Å². The van der Waals surface area contributed by atoms with Crippen LogP contribution in [0.2, 0.25) is 0 Å². The molecule has 0 bridgehead atoms. The quantitative estimate of drug-likeness (QED) is 0.0297. The highest BCUT2D eigenvalue weighted by atomic mass is 16.8. The molecule has 19 nitrogen and oxygen atoms in total. The smallest absolute Gasteiger partial charge is 0.220 e. The highest BCUT2D eigenvalue weighted by molar-refractivity contribution is 5.76. The van der Waals surface area contributed by atoms with Gasteiger partial charge in [0.05, 0.1) is 38.6 Å². The number of amides is 1. The Morgan fingerprint density at radius 1 is 0.481 bits per heavy atom. The van der Waals surface area contributed by atoms with Crippen molar-refractivity contribution in [2.75, 3.05) is 26.4 Å². The molecule has 446 valence electrons. The van der Waals surface area contributed by atoms with Crippen molar-refractivity contribution in [2.45, 2.75) is 272 Å². The summed E-state index contributed by atoms with van der Waals surface area (Å²) in [6.07, 6.45) is 19.2. The first-order valence-electron chi connectivity index (χ1n) is 29.0. The average Bonchev–Trinajstić information content (AvgIpc) is 3.44. The molecule has 3 aliphatic heterocycles. The Balaban J connectivity index is 1.49. The fourth-order valence-corrected chi connectivity index (χ4v) is 9.53. The van der Waals surface area contributed by atoms with Crippen molar-refractivity contribution in [1.82, 2.24) is 5.32 Å². The molecule has 19 heteroatoms. The van der Waals surface area contributed by atoms with Gasteiger partial charge in [0.15, 0.2) is 18.9 Å². The van der Waals surface area contributed by atoms with E-state index in [1.54, 1.807) is 6.08 Å². The zero-order valence-electron chi connectivity index (χ0n) is 46.2. The zero-order chi connectivity index (χ0) is 56.2. The second-order valence-corrected chi connectivity index (χ2v) is 20.7. The van der Waals surface area contributed by atoms with Crippen LogP contribution in [0.15, 0.2) is 60.8 Å². The van der Waals surface area contributed by atoms with Gasteiger partial charge in [0, 0.05) is 6.42 Å². The first-order chi connectivity index (χ1) is 37.3. The molecule has 77 heavy (non-hydrogen) atoms. The summed E-state index contributed by atoms with van der Waals surface area (Å²) in [5.41, 5.74) is 0. The maximum atomic E-state index is 13.3. The molecule has 0 radical (unpaired) electrons. The van der Waals surface area contributed by atoms with E-state index < -0.39 is 124 Å². The van der Waals surface area contributed by atoms with Gasteiger partial charge >= 0.3 is 0 Å². The Labute approximate surface area is 458 Å². The molecule has 3 aliphatic rings. The van der Waals surface area contributed by atoms with Crippen LogP contribution in [0.4, 0.5) is 0 Å². The average molecular weight is 1100 g/mol. The number of unbranched alkanes of at least 4 members (excludes halogenated alkanes) is 17. The van der Waals surface area contributed by atoms with Crippen LogP contribution in [-0.2, 0) is 33.2 Å². The third-order valence-electron chi connectivity index (χ3n) is 14.3. The number of hydrogen-bond donors (Lipinski definition) is 12. The van der Waals surface area contributed by atoms with Crippen molar-refractivity contribution >= 4 is 5.91 Å². The standard InChI is InChI=1S/C58H101NO18/c1-3-5-7-9-11-13-15-16-17-18-19-20-21-22-23-24-26-28-30-32-34-36-46(64)59-41(42(63)35-33-31-29-27-25-14-12-10-8-6-4-2)40-72-56-52(70)49(67)54(44(38-61)74-56)77-58-53(71)50(68)55(45(39-62)75-58)76-57-51(69)48(66)47(65)43(37-60)73-57/h5,7,11,13,16-17,19-20,33,35,41-45,47-58,60-63,65-71H,3-4,6,8-10,12,14-15,18,21-32,34,36-40H2,1-2H3,(H,59,64)/b7-5-,13-11-,17-16-,20-19-,35-33+. The van der Waals surface area contributed by atoms with E-state index >= 15 is 0 Å². The van der Waals surface area contributed by atoms with Crippen LogP contribution in [0.5, 0.6) is 0 Å². The lowest BCUT2D eigenvalue weighted by atomic mass is 9.96. The van der Waals surface area contributed by atoms with Crippen molar-refractivity contribution < 1.29 is 89.4 Å². The molecule has 17 unspecified atom stereocenters. The number of aliphatic hydroxyl groups is 11. The SMILES string of the molecule is CC/C=C\C/C=C\C/C=C\C/C=C\CCCCCCCCCCC(=O)NC(COC1OC(CO)C(OC2OC(CO)C(OC3OC(CO)C(O)C(O)C3O)C(O)C2O)C(O)C1O)C(O)/C=C/CCCCCCCCCCC. The minimum atomic E-state index is -1.98. The topological polar surface area (TPSA) is 307 Å². The monoisotopic (exact) mass is 1100 g/mol. The van der Waals surface area contributed by atoms with Crippen LogP contribution in [0.1, 0.15) is 168 Å². The zero-order valence-corrected chi connectivity index (χ0v) is 46.2. The van der Waals surface area contributed by atoms with Gasteiger partial charge in [0.25, 0.3) is 0 Å². The van der Waals surface area contributed by atoms with Gasteiger partial charge in [0.1, 0.15) is 73.2 Å². The molecule has 0 aromatic heterocycles. The van der Waals surface area contributed by atoms with Crippen molar-refractivity contribution in [3.8, 4) is 0 Å². The third-order valence-corrected chi connectivity index (χ3v) is 14.3. The maximum Gasteiger partial charge on any atom is 0.220 e. The lowest BCUT2D eigenvalue weighted by Crippen LogP contribution is -2.66. The maximum absolute atomic E-state index is 13.3. The number of aliphatic hydroxyl groups excluding tert-OH is 11. The van der Waals surface area contributed by atoms with Gasteiger partial charge < -0.3 is 89.9 Å². The minimum Gasteiger partial charge on any atom is -0.394 e. The molecule has 17 atom stereocenters. The van der Waals surface area contributed by atoms with Gasteiger partial charge in [-0.2, -0.15) is 0 Å². The van der Waals surface area contributed by atoms with Crippen molar-refractivity contribution in [3.63, 3.8) is 0 Å². The van der Waals surface area contributed by atoms with E-state index in [0.29, 0.717) is 6.42 Å². The predicted octanol–water partition coefficient (Wildman–Crippen LogP) is 4.48. The fraction of sp³-hybridized carbons (Fsp3) is 0.810. The highest BCUT2D eigenvalue weighted by Crippen LogP contribution is 2.33. The molecule has 3 heterocycles. The molecule has 3 saturated heterocycles. The second-order valence-electron chi connectivity index (χ2n) is 20.7. The van der Waals surface area contributed by atoms with Gasteiger partial charge in [-0.15, -0.1) is 0 Å². The van der Waals surface area contributed by atoms with Crippen molar-refractivity contribution in [3.05, 3.63) is 60.8 Å². The van der Waals surface area contributed by atoms with E-state index in [2.05, 4.69) is 67.8 Å². The van der Waals surface area contributed by atoms with Gasteiger partial charge in [-0.3, -0.25) is 4.79 Å². The molecule has 1 amide bonds. The summed E-state index contributed by atoms with van der Waals surface area (Å²) < 4.78 is 34.2. The van der Waals surface area contributed by atoms with E-state index in [4.69, 9.17) is 28.4 Å². The second kappa shape index (κ2) is 41.5. The summed E-state index contributed by atoms with van der Waals surface area (Å²) in [5, 5.41) is 120. The molecular formula is C58H101NO18. The van der Waals surface area contributed by atoms with Crippen LogP contribution < -0.4 is 5.32 Å². The third kappa shape index (κ3) is 25.9. The van der Waals surface area contributed by atoms with Crippen LogP contribution in [0.3, 0.4) is 0 Å². The van der Waals surface area contributed by atoms with Crippen molar-refractivity contribution in [2.24, 2.45) is 0 Å².